The maximum atomic E-state index is 4.16. The van der Waals surface area contributed by atoms with Gasteiger partial charge in [0.1, 0.15) is 0 Å². The molecule has 3 rings (SSSR count). The van der Waals surface area contributed by atoms with Crippen LogP contribution in [0.1, 0.15) is 0 Å². The van der Waals surface area contributed by atoms with E-state index in [2.05, 4.69) is 25.5 Å². The molecule has 3 aromatic heterocycles. The average molecular weight is 172 g/mol. The molecule has 0 saturated carbocycles. The molecule has 0 aliphatic carbocycles. The molecule has 62 valence electrons. The van der Waals surface area contributed by atoms with Crippen LogP contribution in [0.4, 0.5) is 0 Å². The van der Waals surface area contributed by atoms with Gasteiger partial charge >= 0.3 is 0 Å². The molecule has 0 amide bonds. The number of aromatic nitrogens is 6. The van der Waals surface area contributed by atoms with Crippen molar-refractivity contribution in [2.45, 2.75) is 0 Å². The minimum absolute atomic E-state index is 0.586. The molecule has 13 heavy (non-hydrogen) atoms. The van der Waals surface area contributed by atoms with Crippen molar-refractivity contribution < 1.29 is 0 Å². The molecule has 6 nitrogen and oxygen atoms in total. The number of hydrogen-bond acceptors (Lipinski definition) is 5. The lowest BCUT2D eigenvalue weighted by Gasteiger charge is -1.86. The van der Waals surface area contributed by atoms with Gasteiger partial charge in [0.2, 0.25) is 5.65 Å². The summed E-state index contributed by atoms with van der Waals surface area (Å²) in [5.74, 6) is 0. The first-order valence-electron chi connectivity index (χ1n) is 3.72. The highest BCUT2D eigenvalue weighted by molar-refractivity contribution is 5.88. The maximum Gasteiger partial charge on any atom is 0.205 e. The lowest BCUT2D eigenvalue weighted by Crippen LogP contribution is -1.89. The van der Waals surface area contributed by atoms with Gasteiger partial charge in [-0.2, -0.15) is 10.2 Å². The van der Waals surface area contributed by atoms with Crippen LogP contribution >= 0.6 is 0 Å². The van der Waals surface area contributed by atoms with Crippen LogP contribution in [0.15, 0.2) is 24.7 Å². The summed E-state index contributed by atoms with van der Waals surface area (Å²) in [5, 5.41) is 20.4. The van der Waals surface area contributed by atoms with Crippen LogP contribution in [0.2, 0.25) is 0 Å². The topological polar surface area (TPSA) is 68.9 Å². The Hall–Kier alpha value is -2.11. The summed E-state index contributed by atoms with van der Waals surface area (Å²) >= 11 is 0. The average Bonchev–Trinajstić information content (AvgIpc) is 2.56. The third-order valence-corrected chi connectivity index (χ3v) is 1.79. The summed E-state index contributed by atoms with van der Waals surface area (Å²) in [6.45, 7) is 0. The second kappa shape index (κ2) is 2.19. The van der Waals surface area contributed by atoms with Crippen LogP contribution in [0, 0.1) is 0 Å². The second-order valence-corrected chi connectivity index (χ2v) is 2.55. The van der Waals surface area contributed by atoms with Gasteiger partial charge in [-0.15, -0.1) is 15.3 Å². The quantitative estimate of drug-likeness (QED) is 0.480. The SMILES string of the molecule is c1cc2c(nn1)nn1ccnnc21. The Morgan fingerprint density at radius 2 is 2.00 bits per heavy atom. The molecule has 0 bridgehead atoms. The van der Waals surface area contributed by atoms with Gasteiger partial charge in [-0.3, -0.25) is 0 Å². The van der Waals surface area contributed by atoms with E-state index in [1.54, 1.807) is 23.1 Å². The van der Waals surface area contributed by atoms with Crippen molar-refractivity contribution in [2.75, 3.05) is 0 Å². The van der Waals surface area contributed by atoms with E-state index in [0.717, 1.165) is 5.39 Å². The zero-order chi connectivity index (χ0) is 8.67. The largest absolute Gasteiger partial charge is 0.216 e. The predicted octanol–water partition coefficient (Wildman–Crippen LogP) is 0.0675. The number of hydrogen-bond donors (Lipinski definition) is 0. The summed E-state index contributed by atoms with van der Waals surface area (Å²) in [4.78, 5) is 0. The summed E-state index contributed by atoms with van der Waals surface area (Å²) in [6, 6.07) is 1.82. The van der Waals surface area contributed by atoms with Gasteiger partial charge in [0.15, 0.2) is 5.65 Å². The molecule has 0 atom stereocenters. The first kappa shape index (κ1) is 6.41. The van der Waals surface area contributed by atoms with E-state index >= 15 is 0 Å². The Morgan fingerprint density at radius 1 is 1.08 bits per heavy atom. The van der Waals surface area contributed by atoms with Gasteiger partial charge in [-0.1, -0.05) is 0 Å². The molecule has 0 spiro atoms. The first-order valence-corrected chi connectivity index (χ1v) is 3.72. The third-order valence-electron chi connectivity index (χ3n) is 1.79. The van der Waals surface area contributed by atoms with Crippen molar-refractivity contribution in [1.82, 2.24) is 30.0 Å². The van der Waals surface area contributed by atoms with Gasteiger partial charge in [0.05, 0.1) is 24.0 Å². The van der Waals surface area contributed by atoms with Crippen LogP contribution < -0.4 is 0 Å². The molecule has 3 heterocycles. The summed E-state index contributed by atoms with van der Waals surface area (Å²) in [6.07, 6.45) is 4.91. The minimum atomic E-state index is 0.586. The van der Waals surface area contributed by atoms with Crippen LogP contribution in [-0.4, -0.2) is 30.0 Å². The third kappa shape index (κ3) is 0.792. The highest BCUT2D eigenvalue weighted by atomic mass is 15.3. The van der Waals surface area contributed by atoms with Crippen molar-refractivity contribution >= 4 is 16.7 Å². The maximum absolute atomic E-state index is 4.16. The van der Waals surface area contributed by atoms with Crippen LogP contribution in [0.25, 0.3) is 16.7 Å². The minimum Gasteiger partial charge on any atom is -0.216 e. The van der Waals surface area contributed by atoms with Gasteiger partial charge in [0, 0.05) is 0 Å². The summed E-state index contributed by atoms with van der Waals surface area (Å²) in [5.41, 5.74) is 1.29. The van der Waals surface area contributed by atoms with Crippen molar-refractivity contribution in [3.8, 4) is 0 Å². The van der Waals surface area contributed by atoms with Crippen LogP contribution in [-0.2, 0) is 0 Å². The molecule has 6 heteroatoms. The van der Waals surface area contributed by atoms with Crippen molar-refractivity contribution in [3.63, 3.8) is 0 Å². The van der Waals surface area contributed by atoms with Crippen molar-refractivity contribution in [3.05, 3.63) is 24.7 Å². The molecule has 0 aliphatic rings. The van der Waals surface area contributed by atoms with E-state index in [9.17, 15) is 0 Å². The van der Waals surface area contributed by atoms with E-state index in [4.69, 9.17) is 0 Å². The van der Waals surface area contributed by atoms with Gasteiger partial charge in [-0.05, 0) is 6.07 Å². The molecule has 0 fully saturated rings. The molecule has 0 aromatic carbocycles. The predicted molar refractivity (Wildman–Crippen MR) is 43.9 cm³/mol. The molecular formula is C7H4N6. The first-order chi connectivity index (χ1) is 6.45. The number of fused-ring (bicyclic) bond motifs is 3. The van der Waals surface area contributed by atoms with Gasteiger partial charge < -0.3 is 0 Å². The van der Waals surface area contributed by atoms with Crippen molar-refractivity contribution in [1.29, 1.82) is 0 Å². The van der Waals surface area contributed by atoms with E-state index in [1.807, 2.05) is 6.07 Å². The Kier molecular flexibility index (Phi) is 1.08. The summed E-state index contributed by atoms with van der Waals surface area (Å²) in [7, 11) is 0. The molecule has 0 unspecified atom stereocenters. The fourth-order valence-electron chi connectivity index (χ4n) is 1.23. The van der Waals surface area contributed by atoms with E-state index in [-0.39, 0.29) is 0 Å². The normalized spacial score (nSPS) is 11.1. The number of nitrogens with zero attached hydrogens (tertiary/aromatic N) is 6. The van der Waals surface area contributed by atoms with Gasteiger partial charge in [0.25, 0.3) is 0 Å². The molecular weight excluding hydrogens is 168 g/mol. The zero-order valence-corrected chi connectivity index (χ0v) is 6.49. The molecule has 0 aliphatic heterocycles. The lowest BCUT2D eigenvalue weighted by molar-refractivity contribution is 0.889. The summed E-state index contributed by atoms with van der Waals surface area (Å²) < 4.78 is 1.63. The number of rotatable bonds is 0. The molecule has 0 N–H and O–H groups in total. The van der Waals surface area contributed by atoms with E-state index in [1.165, 1.54) is 0 Å². The Balaban J connectivity index is 2.64. The monoisotopic (exact) mass is 172 g/mol. The zero-order valence-electron chi connectivity index (χ0n) is 6.49. The van der Waals surface area contributed by atoms with E-state index < -0.39 is 0 Å². The molecule has 0 saturated heterocycles. The Morgan fingerprint density at radius 3 is 3.00 bits per heavy atom. The van der Waals surface area contributed by atoms with Crippen molar-refractivity contribution in [2.24, 2.45) is 0 Å². The standard InChI is InChI=1S/C7H4N6/c1-2-8-10-6-5(1)7-11-9-3-4-13(7)12-6/h1-4H. The lowest BCUT2D eigenvalue weighted by atomic mass is 10.4. The fourth-order valence-corrected chi connectivity index (χ4v) is 1.23. The second-order valence-electron chi connectivity index (χ2n) is 2.55. The highest BCUT2D eigenvalue weighted by Crippen LogP contribution is 2.12. The fraction of sp³-hybridized carbons (Fsp3) is 0. The van der Waals surface area contributed by atoms with Crippen LogP contribution in [0.3, 0.4) is 0 Å². The molecule has 0 radical (unpaired) electrons. The van der Waals surface area contributed by atoms with E-state index in [0.29, 0.717) is 11.3 Å². The molecule has 3 aromatic rings. The Labute approximate surface area is 72.2 Å². The smallest absolute Gasteiger partial charge is 0.205 e. The van der Waals surface area contributed by atoms with Gasteiger partial charge in [-0.25, -0.2) is 4.52 Å². The van der Waals surface area contributed by atoms with Crippen LogP contribution in [0.5, 0.6) is 0 Å². The highest BCUT2D eigenvalue weighted by Gasteiger charge is 2.05. The Bertz CT molecular complexity index is 521.